The molecule has 2 aromatic rings. The van der Waals surface area contributed by atoms with Crippen LogP contribution in [0.1, 0.15) is 31.5 Å². The number of aromatic nitrogens is 2. The summed E-state index contributed by atoms with van der Waals surface area (Å²) in [6.45, 7) is 5.68. The fourth-order valence-corrected chi connectivity index (χ4v) is 4.43. The Bertz CT molecular complexity index is 721. The monoisotopic (exact) mass is 403 g/mol. The van der Waals surface area contributed by atoms with Crippen molar-refractivity contribution in [2.24, 2.45) is 0 Å². The van der Waals surface area contributed by atoms with Gasteiger partial charge in [-0.3, -0.25) is 14.4 Å². The van der Waals surface area contributed by atoms with E-state index >= 15 is 0 Å². The number of nitrogens with zero attached hydrogens (tertiary/aromatic N) is 3. The maximum atomic E-state index is 11.8. The Balaban J connectivity index is 0.00000113. The third kappa shape index (κ3) is 4.17. The molecule has 0 aromatic carbocycles. The molecule has 9 heteroatoms. The number of fused-ring (bicyclic) bond motifs is 2. The van der Waals surface area contributed by atoms with Gasteiger partial charge in [0.05, 0.1) is 22.8 Å². The van der Waals surface area contributed by atoms with Gasteiger partial charge in [0.1, 0.15) is 0 Å². The van der Waals surface area contributed by atoms with Crippen molar-refractivity contribution in [1.82, 2.24) is 25.3 Å². The topological polar surface area (TPSA) is 62.2 Å². The van der Waals surface area contributed by atoms with Gasteiger partial charge in [-0.15, -0.1) is 36.2 Å². The Hall–Kier alpha value is -1.12. The standard InChI is InChI=1S/C16H21N5OS.2ClH/c1-17-16(22)15-6-11-9-20(4-2-14(11)23-15)10-12-7-13-8-18-3-5-21(13)19-12;;/h6-7,18H,2-5,8-10H2,1H3,(H,17,22);2*1H. The Labute approximate surface area is 163 Å². The van der Waals surface area contributed by atoms with E-state index in [1.807, 2.05) is 6.07 Å². The summed E-state index contributed by atoms with van der Waals surface area (Å²) in [7, 11) is 1.68. The summed E-state index contributed by atoms with van der Waals surface area (Å²) in [5, 5.41) is 10.8. The van der Waals surface area contributed by atoms with Crippen LogP contribution in [-0.4, -0.2) is 40.7 Å². The lowest BCUT2D eigenvalue weighted by molar-refractivity contribution is 0.0967. The molecule has 0 spiro atoms. The molecule has 4 heterocycles. The van der Waals surface area contributed by atoms with Crippen molar-refractivity contribution >= 4 is 42.1 Å². The number of hydrogen-bond donors (Lipinski definition) is 2. The molecule has 0 saturated heterocycles. The highest BCUT2D eigenvalue weighted by Crippen LogP contribution is 2.28. The summed E-state index contributed by atoms with van der Waals surface area (Å²) in [6, 6.07) is 4.26. The van der Waals surface area contributed by atoms with Crippen molar-refractivity contribution in [3.63, 3.8) is 0 Å². The molecule has 25 heavy (non-hydrogen) atoms. The average molecular weight is 404 g/mol. The average Bonchev–Trinajstić information content (AvgIpc) is 3.16. The second-order valence-electron chi connectivity index (χ2n) is 6.13. The molecule has 2 aromatic heterocycles. The zero-order valence-electron chi connectivity index (χ0n) is 14.1. The van der Waals surface area contributed by atoms with Crippen molar-refractivity contribution in [2.75, 3.05) is 20.1 Å². The van der Waals surface area contributed by atoms with Crippen LogP contribution in [0, 0.1) is 0 Å². The summed E-state index contributed by atoms with van der Waals surface area (Å²) in [4.78, 5) is 16.4. The minimum Gasteiger partial charge on any atom is -0.354 e. The van der Waals surface area contributed by atoms with E-state index in [1.165, 1.54) is 16.1 Å². The van der Waals surface area contributed by atoms with Crippen LogP contribution >= 0.6 is 36.2 Å². The SMILES string of the molecule is CNC(=O)c1cc2c(s1)CCN(Cc1cc3n(n1)CCNC3)C2.Cl.Cl. The highest BCUT2D eigenvalue weighted by Gasteiger charge is 2.22. The van der Waals surface area contributed by atoms with Gasteiger partial charge >= 0.3 is 0 Å². The first-order valence-electron chi connectivity index (χ1n) is 8.05. The summed E-state index contributed by atoms with van der Waals surface area (Å²) < 4.78 is 2.12. The molecule has 0 unspecified atom stereocenters. The van der Waals surface area contributed by atoms with Gasteiger partial charge in [-0.2, -0.15) is 5.10 Å². The van der Waals surface area contributed by atoms with Crippen molar-refractivity contribution in [2.45, 2.75) is 32.6 Å². The summed E-state index contributed by atoms with van der Waals surface area (Å²) in [6.07, 6.45) is 1.02. The number of hydrogen-bond acceptors (Lipinski definition) is 5. The molecule has 4 rings (SSSR count). The van der Waals surface area contributed by atoms with E-state index in [1.54, 1.807) is 18.4 Å². The maximum absolute atomic E-state index is 11.8. The first kappa shape index (κ1) is 20.2. The first-order valence-corrected chi connectivity index (χ1v) is 8.87. The largest absolute Gasteiger partial charge is 0.354 e. The molecule has 2 N–H and O–H groups in total. The van der Waals surface area contributed by atoms with Crippen LogP contribution in [0.2, 0.25) is 0 Å². The van der Waals surface area contributed by atoms with Crippen LogP contribution in [0.4, 0.5) is 0 Å². The minimum atomic E-state index is 0. The maximum Gasteiger partial charge on any atom is 0.261 e. The predicted octanol–water partition coefficient (Wildman–Crippen LogP) is 1.81. The highest BCUT2D eigenvalue weighted by atomic mass is 35.5. The number of amides is 1. The molecule has 2 aliphatic heterocycles. The van der Waals surface area contributed by atoms with E-state index in [9.17, 15) is 4.79 Å². The van der Waals surface area contributed by atoms with Crippen LogP contribution in [0.15, 0.2) is 12.1 Å². The van der Waals surface area contributed by atoms with Gasteiger partial charge in [0.25, 0.3) is 5.91 Å². The number of nitrogens with one attached hydrogen (secondary N) is 2. The lowest BCUT2D eigenvalue weighted by atomic mass is 10.1. The van der Waals surface area contributed by atoms with E-state index in [2.05, 4.69) is 26.3 Å². The fourth-order valence-electron chi connectivity index (χ4n) is 3.32. The molecule has 138 valence electrons. The molecule has 0 aliphatic carbocycles. The highest BCUT2D eigenvalue weighted by molar-refractivity contribution is 7.14. The Morgan fingerprint density at radius 3 is 2.96 bits per heavy atom. The molecule has 1 amide bonds. The van der Waals surface area contributed by atoms with Crippen molar-refractivity contribution in [3.8, 4) is 0 Å². The lowest BCUT2D eigenvalue weighted by Gasteiger charge is -2.25. The number of rotatable bonds is 3. The number of carbonyl (C=O) groups excluding carboxylic acids is 1. The molecule has 0 saturated carbocycles. The number of halogens is 2. The second-order valence-corrected chi connectivity index (χ2v) is 7.26. The lowest BCUT2D eigenvalue weighted by Crippen LogP contribution is -2.29. The molecular weight excluding hydrogens is 381 g/mol. The van der Waals surface area contributed by atoms with E-state index in [0.29, 0.717) is 0 Å². The van der Waals surface area contributed by atoms with Crippen LogP contribution in [0.3, 0.4) is 0 Å². The van der Waals surface area contributed by atoms with Crippen molar-refractivity contribution < 1.29 is 4.79 Å². The van der Waals surface area contributed by atoms with Gasteiger partial charge < -0.3 is 10.6 Å². The van der Waals surface area contributed by atoms with Gasteiger partial charge in [0, 0.05) is 44.6 Å². The van der Waals surface area contributed by atoms with E-state index in [0.717, 1.165) is 56.3 Å². The van der Waals surface area contributed by atoms with Crippen LogP contribution in [0.5, 0.6) is 0 Å². The summed E-state index contributed by atoms with van der Waals surface area (Å²) >= 11 is 1.63. The van der Waals surface area contributed by atoms with Gasteiger partial charge in [0.15, 0.2) is 0 Å². The molecule has 2 aliphatic rings. The normalized spacial score (nSPS) is 16.2. The quantitative estimate of drug-likeness (QED) is 0.819. The zero-order chi connectivity index (χ0) is 15.8. The summed E-state index contributed by atoms with van der Waals surface area (Å²) in [5.74, 6) is 0.0187. The van der Waals surface area contributed by atoms with Gasteiger partial charge in [-0.25, -0.2) is 0 Å². The fraction of sp³-hybridized carbons (Fsp3) is 0.500. The van der Waals surface area contributed by atoms with Crippen molar-refractivity contribution in [1.29, 1.82) is 0 Å². The second kappa shape index (κ2) is 8.51. The van der Waals surface area contributed by atoms with E-state index in [4.69, 9.17) is 5.10 Å². The molecule has 0 fully saturated rings. The molecule has 0 bridgehead atoms. The Morgan fingerprint density at radius 2 is 2.20 bits per heavy atom. The molecule has 0 atom stereocenters. The number of thiophene rings is 1. The molecular formula is C16H23Cl2N5OS. The molecule has 0 radical (unpaired) electrons. The van der Waals surface area contributed by atoms with Crippen LogP contribution in [-0.2, 0) is 32.6 Å². The van der Waals surface area contributed by atoms with Crippen molar-refractivity contribution in [3.05, 3.63) is 38.8 Å². The van der Waals surface area contributed by atoms with Crippen LogP contribution < -0.4 is 10.6 Å². The smallest absolute Gasteiger partial charge is 0.261 e. The van der Waals surface area contributed by atoms with Crippen LogP contribution in [0.25, 0.3) is 0 Å². The Kier molecular flexibility index (Phi) is 6.87. The third-order valence-corrected chi connectivity index (χ3v) is 5.74. The minimum absolute atomic E-state index is 0. The molecule has 6 nitrogen and oxygen atoms in total. The predicted molar refractivity (Wildman–Crippen MR) is 104 cm³/mol. The zero-order valence-corrected chi connectivity index (χ0v) is 16.5. The summed E-state index contributed by atoms with van der Waals surface area (Å²) in [5.41, 5.74) is 3.72. The third-order valence-electron chi connectivity index (χ3n) is 4.50. The first-order chi connectivity index (χ1) is 11.2. The van der Waals surface area contributed by atoms with Gasteiger partial charge in [-0.05, 0) is 24.1 Å². The van der Waals surface area contributed by atoms with Gasteiger partial charge in [0.2, 0.25) is 0 Å². The number of carbonyl (C=O) groups is 1. The van der Waals surface area contributed by atoms with E-state index < -0.39 is 0 Å². The Morgan fingerprint density at radius 1 is 1.36 bits per heavy atom. The van der Waals surface area contributed by atoms with E-state index in [-0.39, 0.29) is 30.7 Å². The van der Waals surface area contributed by atoms with Gasteiger partial charge in [-0.1, -0.05) is 0 Å².